The lowest BCUT2D eigenvalue weighted by molar-refractivity contribution is -0.137. The minimum atomic E-state index is -0.828. The molecule has 1 aliphatic heterocycles. The Labute approximate surface area is 105 Å². The van der Waals surface area contributed by atoms with Crippen LogP contribution in [0, 0.1) is 0 Å². The molecule has 0 unspecified atom stereocenters. The predicted molar refractivity (Wildman–Crippen MR) is 65.9 cm³/mol. The predicted octanol–water partition coefficient (Wildman–Crippen LogP) is 1.45. The van der Waals surface area contributed by atoms with Crippen molar-refractivity contribution in [1.82, 2.24) is 0 Å². The summed E-state index contributed by atoms with van der Waals surface area (Å²) in [5.41, 5.74) is 1.60. The highest BCUT2D eigenvalue weighted by Gasteiger charge is 2.20. The van der Waals surface area contributed by atoms with Crippen molar-refractivity contribution in [1.29, 1.82) is 0 Å². The average molecular weight is 249 g/mol. The van der Waals surface area contributed by atoms with Crippen molar-refractivity contribution < 1.29 is 19.4 Å². The summed E-state index contributed by atoms with van der Waals surface area (Å²) >= 11 is 0. The van der Waals surface area contributed by atoms with Crippen LogP contribution in [0.4, 0.5) is 5.69 Å². The zero-order valence-electron chi connectivity index (χ0n) is 10.2. The summed E-state index contributed by atoms with van der Waals surface area (Å²) in [5.74, 6) is -0.155. The van der Waals surface area contributed by atoms with Crippen LogP contribution >= 0.6 is 0 Å². The van der Waals surface area contributed by atoms with Crippen molar-refractivity contribution in [2.45, 2.75) is 19.3 Å². The summed E-state index contributed by atoms with van der Waals surface area (Å²) in [7, 11) is 1.71. The number of carboxylic acids is 1. The van der Waals surface area contributed by atoms with E-state index in [0.717, 1.165) is 5.56 Å². The minimum absolute atomic E-state index is 0.00383. The van der Waals surface area contributed by atoms with Gasteiger partial charge >= 0.3 is 5.97 Å². The number of nitrogens with zero attached hydrogens (tertiary/aromatic N) is 1. The number of carbonyl (C=O) groups is 2. The molecule has 0 aliphatic carbocycles. The molecule has 1 aliphatic rings. The van der Waals surface area contributed by atoms with Crippen molar-refractivity contribution in [3.05, 3.63) is 23.8 Å². The van der Waals surface area contributed by atoms with Gasteiger partial charge in [-0.1, -0.05) is 6.07 Å². The Morgan fingerprint density at radius 3 is 3.00 bits per heavy atom. The van der Waals surface area contributed by atoms with Gasteiger partial charge in [-0.05, 0) is 24.1 Å². The molecule has 0 saturated carbocycles. The van der Waals surface area contributed by atoms with Gasteiger partial charge in [0.25, 0.3) is 0 Å². The molecule has 1 aromatic rings. The largest absolute Gasteiger partial charge is 0.491 e. The van der Waals surface area contributed by atoms with E-state index in [1.165, 1.54) is 0 Å². The quantitative estimate of drug-likeness (QED) is 0.880. The summed E-state index contributed by atoms with van der Waals surface area (Å²) in [6.07, 6.45) is 0.886. The normalized spacial score (nSPS) is 14.7. The Hall–Kier alpha value is -2.04. The first kappa shape index (κ1) is 12.4. The zero-order valence-corrected chi connectivity index (χ0v) is 10.2. The molecule has 5 nitrogen and oxygen atoms in total. The average Bonchev–Trinajstić information content (AvgIpc) is 2.48. The third-order valence-corrected chi connectivity index (χ3v) is 2.96. The Balaban J connectivity index is 2.26. The molecule has 18 heavy (non-hydrogen) atoms. The molecule has 0 fully saturated rings. The van der Waals surface area contributed by atoms with E-state index in [2.05, 4.69) is 0 Å². The van der Waals surface area contributed by atoms with Gasteiger partial charge in [-0.15, -0.1) is 0 Å². The van der Waals surface area contributed by atoms with Crippen molar-refractivity contribution in [3.63, 3.8) is 0 Å². The van der Waals surface area contributed by atoms with Crippen molar-refractivity contribution in [2.24, 2.45) is 0 Å². The van der Waals surface area contributed by atoms with Crippen LogP contribution in [0.2, 0.25) is 0 Å². The lowest BCUT2D eigenvalue weighted by atomic mass is 10.1. The first-order valence-electron chi connectivity index (χ1n) is 5.82. The summed E-state index contributed by atoms with van der Waals surface area (Å²) in [5, 5.41) is 8.66. The molecule has 0 saturated heterocycles. The number of fused-ring (bicyclic) bond motifs is 1. The van der Waals surface area contributed by atoms with Crippen molar-refractivity contribution >= 4 is 17.6 Å². The van der Waals surface area contributed by atoms with Crippen LogP contribution in [0.25, 0.3) is 0 Å². The van der Waals surface area contributed by atoms with Crippen molar-refractivity contribution in [2.75, 3.05) is 18.6 Å². The molecular weight excluding hydrogens is 234 g/mol. The summed E-state index contributed by atoms with van der Waals surface area (Å²) in [4.78, 5) is 23.8. The molecular formula is C13H15NO4. The van der Waals surface area contributed by atoms with Gasteiger partial charge in [-0.25, -0.2) is 0 Å². The Bertz CT molecular complexity index is 484. The molecule has 0 radical (unpaired) electrons. The monoisotopic (exact) mass is 249 g/mol. The van der Waals surface area contributed by atoms with Crippen LogP contribution in [0.5, 0.6) is 5.75 Å². The Morgan fingerprint density at radius 1 is 1.50 bits per heavy atom. The fraction of sp³-hybridized carbons (Fsp3) is 0.385. The second-order valence-corrected chi connectivity index (χ2v) is 4.25. The number of benzene rings is 1. The minimum Gasteiger partial charge on any atom is -0.491 e. The van der Waals surface area contributed by atoms with E-state index in [1.807, 2.05) is 12.1 Å². The van der Waals surface area contributed by atoms with Crippen LogP contribution in [-0.4, -0.2) is 30.6 Å². The van der Waals surface area contributed by atoms with Gasteiger partial charge in [0.15, 0.2) is 0 Å². The molecule has 2 rings (SSSR count). The van der Waals surface area contributed by atoms with Crippen LogP contribution in [0.3, 0.4) is 0 Å². The van der Waals surface area contributed by atoms with E-state index >= 15 is 0 Å². The van der Waals surface area contributed by atoms with Crippen molar-refractivity contribution in [3.8, 4) is 5.75 Å². The van der Waals surface area contributed by atoms with Crippen LogP contribution in [-0.2, 0) is 16.0 Å². The molecule has 0 atom stereocenters. The lowest BCUT2D eigenvalue weighted by Crippen LogP contribution is -2.25. The topological polar surface area (TPSA) is 66.8 Å². The lowest BCUT2D eigenvalue weighted by Gasteiger charge is -2.17. The fourth-order valence-electron chi connectivity index (χ4n) is 1.90. The van der Waals surface area contributed by atoms with E-state index < -0.39 is 5.97 Å². The maximum absolute atomic E-state index is 11.7. The maximum Gasteiger partial charge on any atom is 0.303 e. The standard InChI is InChI=1S/C13H15NO4/c1-14-10-8-9(3-5-13(16)17)2-4-11(10)18-7-6-12(14)15/h2,4,8H,3,5-7H2,1H3,(H,16,17). The van der Waals surface area contributed by atoms with Crippen LogP contribution in [0.1, 0.15) is 18.4 Å². The van der Waals surface area contributed by atoms with E-state index in [-0.39, 0.29) is 12.3 Å². The molecule has 1 heterocycles. The number of aliphatic carboxylic acids is 1. The number of anilines is 1. The third-order valence-electron chi connectivity index (χ3n) is 2.96. The highest BCUT2D eigenvalue weighted by molar-refractivity contribution is 5.95. The van der Waals surface area contributed by atoms with Crippen LogP contribution < -0.4 is 9.64 Å². The third kappa shape index (κ3) is 2.61. The zero-order chi connectivity index (χ0) is 13.1. The van der Waals surface area contributed by atoms with Crippen LogP contribution in [0.15, 0.2) is 18.2 Å². The second kappa shape index (κ2) is 5.08. The number of aryl methyl sites for hydroxylation is 1. The Kier molecular flexibility index (Phi) is 3.50. The molecule has 0 bridgehead atoms. The van der Waals surface area contributed by atoms with Gasteiger partial charge in [0, 0.05) is 13.5 Å². The number of rotatable bonds is 3. The summed E-state index contributed by atoms with van der Waals surface area (Å²) < 4.78 is 5.49. The first-order chi connectivity index (χ1) is 8.58. The number of amides is 1. The number of ether oxygens (including phenoxy) is 1. The molecule has 96 valence electrons. The smallest absolute Gasteiger partial charge is 0.303 e. The van der Waals surface area contributed by atoms with E-state index in [1.54, 1.807) is 18.0 Å². The highest BCUT2D eigenvalue weighted by atomic mass is 16.5. The van der Waals surface area contributed by atoms with Gasteiger partial charge < -0.3 is 14.7 Å². The van der Waals surface area contributed by atoms with Gasteiger partial charge in [-0.2, -0.15) is 0 Å². The number of hydrogen-bond donors (Lipinski definition) is 1. The highest BCUT2D eigenvalue weighted by Crippen LogP contribution is 2.31. The van der Waals surface area contributed by atoms with E-state index in [9.17, 15) is 9.59 Å². The number of hydrogen-bond acceptors (Lipinski definition) is 3. The van der Waals surface area contributed by atoms with Gasteiger partial charge in [-0.3, -0.25) is 9.59 Å². The SMILES string of the molecule is CN1C(=O)CCOc2ccc(CCC(=O)O)cc21. The van der Waals surface area contributed by atoms with Gasteiger partial charge in [0.2, 0.25) is 5.91 Å². The summed E-state index contributed by atoms with van der Waals surface area (Å²) in [6.45, 7) is 0.380. The molecule has 0 spiro atoms. The van der Waals surface area contributed by atoms with E-state index in [4.69, 9.17) is 9.84 Å². The number of carbonyl (C=O) groups excluding carboxylic acids is 1. The molecule has 0 aromatic heterocycles. The molecule has 5 heteroatoms. The first-order valence-corrected chi connectivity index (χ1v) is 5.82. The molecule has 1 amide bonds. The van der Waals surface area contributed by atoms with Gasteiger partial charge in [0.1, 0.15) is 5.75 Å². The molecule has 1 N–H and O–H groups in total. The Morgan fingerprint density at radius 2 is 2.28 bits per heavy atom. The second-order valence-electron chi connectivity index (χ2n) is 4.25. The van der Waals surface area contributed by atoms with E-state index in [0.29, 0.717) is 30.9 Å². The maximum atomic E-state index is 11.7. The fourth-order valence-corrected chi connectivity index (χ4v) is 1.90. The summed E-state index contributed by atoms with van der Waals surface area (Å²) in [6, 6.07) is 5.45. The number of carboxylic acid groups (broad SMARTS) is 1. The molecule has 1 aromatic carbocycles. The van der Waals surface area contributed by atoms with Gasteiger partial charge in [0.05, 0.1) is 18.7 Å².